The average molecular weight is 288 g/mol. The lowest BCUT2D eigenvalue weighted by Crippen LogP contribution is -1.94. The molecule has 0 saturated carbocycles. The van der Waals surface area contributed by atoms with E-state index in [1.807, 2.05) is 48.7 Å². The van der Waals surface area contributed by atoms with Crippen molar-refractivity contribution in [2.75, 3.05) is 5.73 Å². The fourth-order valence-electron chi connectivity index (χ4n) is 2.19. The van der Waals surface area contributed by atoms with Gasteiger partial charge in [-0.2, -0.15) is 0 Å². The van der Waals surface area contributed by atoms with Crippen molar-refractivity contribution in [3.05, 3.63) is 72.2 Å². The Balaban J connectivity index is 1.97. The van der Waals surface area contributed by atoms with E-state index >= 15 is 0 Å². The second-order valence-electron chi connectivity index (χ2n) is 4.98. The summed E-state index contributed by atoms with van der Waals surface area (Å²) in [5.74, 6) is 0.657. The van der Waals surface area contributed by atoms with Gasteiger partial charge in [0.1, 0.15) is 0 Å². The van der Waals surface area contributed by atoms with Crippen molar-refractivity contribution >= 4 is 17.7 Å². The maximum atomic E-state index is 6.04. The molecule has 108 valence electrons. The highest BCUT2D eigenvalue weighted by Crippen LogP contribution is 2.25. The average Bonchev–Trinajstić information content (AvgIpc) is 2.56. The van der Waals surface area contributed by atoms with Crippen LogP contribution in [-0.4, -0.2) is 16.2 Å². The van der Waals surface area contributed by atoms with Crippen molar-refractivity contribution in [1.29, 1.82) is 0 Å². The molecule has 0 bridgehead atoms. The van der Waals surface area contributed by atoms with E-state index in [0.717, 1.165) is 16.7 Å². The van der Waals surface area contributed by atoms with E-state index in [2.05, 4.69) is 21.9 Å². The van der Waals surface area contributed by atoms with Gasteiger partial charge < -0.3 is 5.73 Å². The van der Waals surface area contributed by atoms with Crippen molar-refractivity contribution in [3.63, 3.8) is 0 Å². The number of nitrogens with zero attached hydrogens (tertiary/aromatic N) is 3. The van der Waals surface area contributed by atoms with Crippen LogP contribution < -0.4 is 5.73 Å². The summed E-state index contributed by atoms with van der Waals surface area (Å²) in [6.07, 6.45) is 7.11. The molecule has 0 fully saturated rings. The van der Waals surface area contributed by atoms with E-state index in [9.17, 15) is 0 Å². The zero-order valence-corrected chi connectivity index (χ0v) is 12.3. The van der Waals surface area contributed by atoms with Gasteiger partial charge in [0.2, 0.25) is 0 Å². The maximum Gasteiger partial charge on any atom is 0.151 e. The fraction of sp³-hybridized carbons (Fsp3) is 0.0556. The van der Waals surface area contributed by atoms with E-state index in [-0.39, 0.29) is 0 Å². The van der Waals surface area contributed by atoms with Crippen LogP contribution in [0.2, 0.25) is 0 Å². The molecule has 2 heterocycles. The van der Waals surface area contributed by atoms with Crippen molar-refractivity contribution in [1.82, 2.24) is 9.97 Å². The van der Waals surface area contributed by atoms with Crippen LogP contribution in [0.25, 0.3) is 11.1 Å². The normalized spacial score (nSPS) is 11.0. The van der Waals surface area contributed by atoms with Gasteiger partial charge in [0.15, 0.2) is 5.82 Å². The lowest BCUT2D eigenvalue weighted by atomic mass is 10.0. The summed E-state index contributed by atoms with van der Waals surface area (Å²) in [5, 5.41) is 0. The Kier molecular flexibility index (Phi) is 3.92. The van der Waals surface area contributed by atoms with Gasteiger partial charge in [-0.05, 0) is 48.4 Å². The molecule has 0 radical (unpaired) electrons. The van der Waals surface area contributed by atoms with Crippen molar-refractivity contribution in [2.24, 2.45) is 4.99 Å². The molecule has 1 aromatic carbocycles. The minimum absolute atomic E-state index is 0.657. The summed E-state index contributed by atoms with van der Waals surface area (Å²) in [5.41, 5.74) is 10.9. The molecule has 0 aliphatic rings. The van der Waals surface area contributed by atoms with Gasteiger partial charge in [0.05, 0.1) is 0 Å². The third-order valence-electron chi connectivity index (χ3n) is 3.42. The van der Waals surface area contributed by atoms with Crippen LogP contribution in [0.1, 0.15) is 11.1 Å². The first-order valence-electron chi connectivity index (χ1n) is 6.99. The number of anilines is 1. The molecule has 0 amide bonds. The predicted molar refractivity (Wildman–Crippen MR) is 90.3 cm³/mol. The Morgan fingerprint density at radius 1 is 1.09 bits per heavy atom. The summed E-state index contributed by atoms with van der Waals surface area (Å²) < 4.78 is 0. The molecule has 3 rings (SSSR count). The number of nitrogen functional groups attached to an aromatic ring is 1. The Morgan fingerprint density at radius 2 is 2.00 bits per heavy atom. The second kappa shape index (κ2) is 6.18. The molecule has 2 aromatic heterocycles. The predicted octanol–water partition coefficient (Wildman–Crippen LogP) is 3.78. The largest absolute Gasteiger partial charge is 0.398 e. The molecule has 0 aliphatic carbocycles. The molecule has 4 nitrogen and oxygen atoms in total. The Morgan fingerprint density at radius 3 is 2.77 bits per heavy atom. The zero-order valence-electron chi connectivity index (χ0n) is 12.3. The van der Waals surface area contributed by atoms with E-state index in [1.165, 1.54) is 5.56 Å². The van der Waals surface area contributed by atoms with Gasteiger partial charge in [0.25, 0.3) is 0 Å². The van der Waals surface area contributed by atoms with Crippen LogP contribution in [0.3, 0.4) is 0 Å². The lowest BCUT2D eigenvalue weighted by Gasteiger charge is -2.07. The number of rotatable bonds is 3. The number of hydrogen-bond donors (Lipinski definition) is 1. The molecule has 0 atom stereocenters. The monoisotopic (exact) mass is 288 g/mol. The first-order valence-corrected chi connectivity index (χ1v) is 6.99. The zero-order chi connectivity index (χ0) is 15.4. The summed E-state index contributed by atoms with van der Waals surface area (Å²) in [6, 6.07) is 13.5. The van der Waals surface area contributed by atoms with Crippen LogP contribution in [0, 0.1) is 6.92 Å². The number of nitrogens with two attached hydrogens (primary N) is 1. The molecular weight excluding hydrogens is 272 g/mol. The number of aromatic nitrogens is 2. The third-order valence-corrected chi connectivity index (χ3v) is 3.42. The Bertz CT molecular complexity index is 810. The van der Waals surface area contributed by atoms with Gasteiger partial charge in [-0.3, -0.25) is 4.98 Å². The standard InChI is InChI=1S/C18H16N4/c1-13-7-9-20-12-16(13)14-5-6-17(19)15(10-14)11-22-18-4-2-3-8-21-18/h2-12H,19H2,1H3. The first kappa shape index (κ1) is 13.9. The van der Waals surface area contributed by atoms with Crippen molar-refractivity contribution < 1.29 is 0 Å². The molecule has 0 unspecified atom stereocenters. The number of benzene rings is 1. The first-order chi connectivity index (χ1) is 10.7. The molecule has 2 N–H and O–H groups in total. The minimum atomic E-state index is 0.657. The van der Waals surface area contributed by atoms with Crippen LogP contribution >= 0.6 is 0 Å². The lowest BCUT2D eigenvalue weighted by molar-refractivity contribution is 1.28. The van der Waals surface area contributed by atoms with Crippen molar-refractivity contribution in [2.45, 2.75) is 6.92 Å². The highest BCUT2D eigenvalue weighted by atomic mass is 14.9. The molecule has 0 aliphatic heterocycles. The molecule has 3 aromatic rings. The van der Waals surface area contributed by atoms with Crippen LogP contribution in [-0.2, 0) is 0 Å². The summed E-state index contributed by atoms with van der Waals surface area (Å²) in [7, 11) is 0. The quantitative estimate of drug-likeness (QED) is 0.589. The Hall–Kier alpha value is -3.01. The van der Waals surface area contributed by atoms with E-state index in [4.69, 9.17) is 5.73 Å². The van der Waals surface area contributed by atoms with Crippen LogP contribution in [0.4, 0.5) is 11.5 Å². The number of pyridine rings is 2. The van der Waals surface area contributed by atoms with E-state index in [1.54, 1.807) is 18.6 Å². The Labute approximate surface area is 129 Å². The van der Waals surface area contributed by atoms with Gasteiger partial charge in [-0.25, -0.2) is 9.98 Å². The van der Waals surface area contributed by atoms with Crippen molar-refractivity contribution in [3.8, 4) is 11.1 Å². The number of aryl methyl sites for hydroxylation is 1. The topological polar surface area (TPSA) is 64.2 Å². The summed E-state index contributed by atoms with van der Waals surface area (Å²) in [6.45, 7) is 2.06. The second-order valence-corrected chi connectivity index (χ2v) is 4.98. The van der Waals surface area contributed by atoms with Gasteiger partial charge in [-0.1, -0.05) is 12.1 Å². The number of hydrogen-bond acceptors (Lipinski definition) is 4. The highest BCUT2D eigenvalue weighted by Gasteiger charge is 2.04. The highest BCUT2D eigenvalue weighted by molar-refractivity contribution is 5.90. The van der Waals surface area contributed by atoms with Crippen LogP contribution in [0.15, 0.2) is 66.0 Å². The van der Waals surface area contributed by atoms with E-state index in [0.29, 0.717) is 11.5 Å². The third kappa shape index (κ3) is 3.01. The molecule has 0 spiro atoms. The van der Waals surface area contributed by atoms with E-state index < -0.39 is 0 Å². The van der Waals surface area contributed by atoms with Crippen LogP contribution in [0.5, 0.6) is 0 Å². The van der Waals surface area contributed by atoms with Gasteiger partial charge >= 0.3 is 0 Å². The SMILES string of the molecule is Cc1ccncc1-c1ccc(N)c(C=Nc2ccccn2)c1. The number of aliphatic imine (C=N–C) groups is 1. The molecule has 0 saturated heterocycles. The van der Waals surface area contributed by atoms with Gasteiger partial charge in [0, 0.05) is 41.6 Å². The molecular formula is C18H16N4. The fourth-order valence-corrected chi connectivity index (χ4v) is 2.19. The maximum absolute atomic E-state index is 6.04. The summed E-state index contributed by atoms with van der Waals surface area (Å²) >= 11 is 0. The minimum Gasteiger partial charge on any atom is -0.398 e. The van der Waals surface area contributed by atoms with Gasteiger partial charge in [-0.15, -0.1) is 0 Å². The smallest absolute Gasteiger partial charge is 0.151 e. The molecule has 4 heteroatoms. The molecule has 22 heavy (non-hydrogen) atoms. The summed E-state index contributed by atoms with van der Waals surface area (Å²) in [4.78, 5) is 12.7.